The van der Waals surface area contributed by atoms with Gasteiger partial charge in [0.25, 0.3) is 5.91 Å². The molecule has 0 aliphatic carbocycles. The summed E-state index contributed by atoms with van der Waals surface area (Å²) in [7, 11) is 2.43. The number of nitrogens with one attached hydrogen (secondary N) is 1. The monoisotopic (exact) mass is 307 g/mol. The molecule has 0 spiro atoms. The first kappa shape index (κ1) is 17.4. The lowest BCUT2D eigenvalue weighted by molar-refractivity contribution is -0.144. The fourth-order valence-corrected chi connectivity index (χ4v) is 1.71. The third-order valence-corrected chi connectivity index (χ3v) is 2.96. The summed E-state index contributed by atoms with van der Waals surface area (Å²) in [5, 5.41) is 2.49. The van der Waals surface area contributed by atoms with Gasteiger partial charge in [0.05, 0.1) is 14.2 Å². The fraction of sp³-hybridized carbons (Fsp3) is 0.333. The number of carbonyl (C=O) groups is 4. The number of methoxy groups -OCH3 is 2. The number of esters is 2. The summed E-state index contributed by atoms with van der Waals surface area (Å²) in [5.74, 6) is -1.64. The van der Waals surface area contributed by atoms with Gasteiger partial charge in [-0.15, -0.1) is 0 Å². The molecule has 0 aromatic heterocycles. The van der Waals surface area contributed by atoms with Crippen LogP contribution in [0.5, 0.6) is 0 Å². The van der Waals surface area contributed by atoms with E-state index in [1.54, 1.807) is 0 Å². The van der Waals surface area contributed by atoms with Crippen LogP contribution in [0.3, 0.4) is 0 Å². The van der Waals surface area contributed by atoms with Crippen molar-refractivity contribution in [3.63, 3.8) is 0 Å². The molecular formula is C15H17NO6. The molecule has 0 fully saturated rings. The van der Waals surface area contributed by atoms with Gasteiger partial charge in [-0.05, 0) is 18.6 Å². The van der Waals surface area contributed by atoms with Crippen LogP contribution in [0.2, 0.25) is 0 Å². The lowest BCUT2D eigenvalue weighted by atomic mass is 10.1. The van der Waals surface area contributed by atoms with Crippen molar-refractivity contribution >= 4 is 24.1 Å². The Morgan fingerprint density at radius 1 is 1.14 bits per heavy atom. The zero-order chi connectivity index (χ0) is 16.5. The highest BCUT2D eigenvalue weighted by Gasteiger charge is 2.23. The minimum Gasteiger partial charge on any atom is -0.469 e. The van der Waals surface area contributed by atoms with Crippen LogP contribution >= 0.6 is 0 Å². The van der Waals surface area contributed by atoms with Gasteiger partial charge in [0.1, 0.15) is 12.3 Å². The third-order valence-electron chi connectivity index (χ3n) is 2.96. The van der Waals surface area contributed by atoms with Crippen molar-refractivity contribution in [1.82, 2.24) is 5.32 Å². The van der Waals surface area contributed by atoms with Gasteiger partial charge >= 0.3 is 11.9 Å². The smallest absolute Gasteiger partial charge is 0.328 e. The third kappa shape index (κ3) is 5.01. The SMILES string of the molecule is COC(=O)CC[C@H](NC(=O)c1ccc(C=O)cc1)C(=O)OC. The fourth-order valence-electron chi connectivity index (χ4n) is 1.71. The average Bonchev–Trinajstić information content (AvgIpc) is 2.57. The van der Waals surface area contributed by atoms with Gasteiger partial charge in [-0.1, -0.05) is 12.1 Å². The van der Waals surface area contributed by atoms with E-state index in [-0.39, 0.29) is 18.4 Å². The second kappa shape index (κ2) is 8.56. The molecule has 118 valence electrons. The Bertz CT molecular complexity index is 552. The average molecular weight is 307 g/mol. The zero-order valence-electron chi connectivity index (χ0n) is 12.3. The van der Waals surface area contributed by atoms with E-state index in [0.717, 1.165) is 0 Å². The molecule has 1 aromatic carbocycles. The van der Waals surface area contributed by atoms with Gasteiger partial charge in [-0.25, -0.2) is 4.79 Å². The number of aldehydes is 1. The van der Waals surface area contributed by atoms with Crippen molar-refractivity contribution in [3.05, 3.63) is 35.4 Å². The maximum Gasteiger partial charge on any atom is 0.328 e. The van der Waals surface area contributed by atoms with Crippen LogP contribution in [0.1, 0.15) is 33.6 Å². The molecule has 1 N–H and O–H groups in total. The van der Waals surface area contributed by atoms with E-state index in [9.17, 15) is 19.2 Å². The number of hydrogen-bond acceptors (Lipinski definition) is 6. The number of carbonyl (C=O) groups excluding carboxylic acids is 4. The van der Waals surface area contributed by atoms with Gasteiger partial charge in [-0.2, -0.15) is 0 Å². The van der Waals surface area contributed by atoms with Crippen LogP contribution in [0, 0.1) is 0 Å². The normalized spacial score (nSPS) is 11.2. The Morgan fingerprint density at radius 3 is 2.27 bits per heavy atom. The highest BCUT2D eigenvalue weighted by Crippen LogP contribution is 2.06. The van der Waals surface area contributed by atoms with Gasteiger partial charge in [-0.3, -0.25) is 14.4 Å². The molecule has 22 heavy (non-hydrogen) atoms. The molecule has 1 atom stereocenters. The highest BCUT2D eigenvalue weighted by atomic mass is 16.5. The summed E-state index contributed by atoms with van der Waals surface area (Å²) in [6.45, 7) is 0. The van der Waals surface area contributed by atoms with E-state index in [4.69, 9.17) is 0 Å². The second-order valence-electron chi connectivity index (χ2n) is 4.40. The van der Waals surface area contributed by atoms with E-state index in [1.807, 2.05) is 0 Å². The van der Waals surface area contributed by atoms with Crippen molar-refractivity contribution in [3.8, 4) is 0 Å². The molecule has 0 radical (unpaired) electrons. The van der Waals surface area contributed by atoms with Crippen LogP contribution in [-0.2, 0) is 19.1 Å². The number of rotatable bonds is 7. The summed E-state index contributed by atoms with van der Waals surface area (Å²) in [4.78, 5) is 45.4. The Hall–Kier alpha value is -2.70. The predicted octanol–water partition coefficient (Wildman–Crippen LogP) is 0.724. The summed E-state index contributed by atoms with van der Waals surface area (Å²) < 4.78 is 9.09. The quantitative estimate of drug-likeness (QED) is 0.589. The van der Waals surface area contributed by atoms with E-state index in [1.165, 1.54) is 38.5 Å². The van der Waals surface area contributed by atoms with Gasteiger partial charge in [0, 0.05) is 17.5 Å². The first-order valence-corrected chi connectivity index (χ1v) is 6.52. The van der Waals surface area contributed by atoms with Crippen LogP contribution in [0.4, 0.5) is 0 Å². The van der Waals surface area contributed by atoms with Gasteiger partial charge in [0.2, 0.25) is 0 Å². The molecule has 1 amide bonds. The molecule has 0 heterocycles. The lowest BCUT2D eigenvalue weighted by Gasteiger charge is -2.16. The first-order chi connectivity index (χ1) is 10.5. The number of benzene rings is 1. The molecule has 7 heteroatoms. The number of ether oxygens (including phenoxy) is 2. The minimum absolute atomic E-state index is 0.0272. The summed E-state index contributed by atoms with van der Waals surface area (Å²) in [5.41, 5.74) is 0.726. The maximum atomic E-state index is 12.1. The summed E-state index contributed by atoms with van der Waals surface area (Å²) in [6, 6.07) is 4.95. The number of hydrogen-bond donors (Lipinski definition) is 1. The van der Waals surface area contributed by atoms with Crippen LogP contribution in [-0.4, -0.2) is 44.4 Å². The second-order valence-corrected chi connectivity index (χ2v) is 4.40. The van der Waals surface area contributed by atoms with E-state index in [0.29, 0.717) is 11.8 Å². The molecule has 0 aliphatic heterocycles. The number of amides is 1. The maximum absolute atomic E-state index is 12.1. The molecule has 0 aliphatic rings. The Labute approximate surface area is 127 Å². The lowest BCUT2D eigenvalue weighted by Crippen LogP contribution is -2.41. The minimum atomic E-state index is -0.956. The molecule has 0 saturated carbocycles. The summed E-state index contributed by atoms with van der Waals surface area (Å²) >= 11 is 0. The van der Waals surface area contributed by atoms with Gasteiger partial charge < -0.3 is 14.8 Å². The molecule has 0 bridgehead atoms. The largest absolute Gasteiger partial charge is 0.469 e. The zero-order valence-corrected chi connectivity index (χ0v) is 12.3. The van der Waals surface area contributed by atoms with Crippen LogP contribution in [0.15, 0.2) is 24.3 Å². The molecular weight excluding hydrogens is 290 g/mol. The van der Waals surface area contributed by atoms with Crippen molar-refractivity contribution in [2.24, 2.45) is 0 Å². The Balaban J connectivity index is 2.74. The Morgan fingerprint density at radius 2 is 1.77 bits per heavy atom. The standard InChI is InChI=1S/C15H17NO6/c1-21-13(18)8-7-12(15(20)22-2)16-14(19)11-5-3-10(9-17)4-6-11/h3-6,9,12H,7-8H2,1-2H3,(H,16,19)/t12-/m0/s1. The van der Waals surface area contributed by atoms with E-state index < -0.39 is 23.9 Å². The molecule has 1 aromatic rings. The predicted molar refractivity (Wildman–Crippen MR) is 76.3 cm³/mol. The van der Waals surface area contributed by atoms with Crippen molar-refractivity contribution in [2.75, 3.05) is 14.2 Å². The van der Waals surface area contributed by atoms with Gasteiger partial charge in [0.15, 0.2) is 0 Å². The molecule has 7 nitrogen and oxygen atoms in total. The molecule has 0 saturated heterocycles. The van der Waals surface area contributed by atoms with Crippen LogP contribution < -0.4 is 5.32 Å². The molecule has 1 rings (SSSR count). The van der Waals surface area contributed by atoms with E-state index >= 15 is 0 Å². The summed E-state index contributed by atoms with van der Waals surface area (Å²) in [6.07, 6.45) is 0.702. The van der Waals surface area contributed by atoms with E-state index in [2.05, 4.69) is 14.8 Å². The highest BCUT2D eigenvalue weighted by molar-refractivity contribution is 5.97. The van der Waals surface area contributed by atoms with Crippen molar-refractivity contribution in [1.29, 1.82) is 0 Å². The first-order valence-electron chi connectivity index (χ1n) is 6.52. The van der Waals surface area contributed by atoms with Crippen molar-refractivity contribution < 1.29 is 28.7 Å². The Kier molecular flexibility index (Phi) is 6.75. The molecule has 0 unspecified atom stereocenters. The topological polar surface area (TPSA) is 98.8 Å². The van der Waals surface area contributed by atoms with Crippen molar-refractivity contribution in [2.45, 2.75) is 18.9 Å². The van der Waals surface area contributed by atoms with Crippen LogP contribution in [0.25, 0.3) is 0 Å².